The Labute approximate surface area is 158 Å². The van der Waals surface area contributed by atoms with Crippen molar-refractivity contribution >= 4 is 15.9 Å². The Bertz CT molecular complexity index is 561. The fourth-order valence-electron chi connectivity index (χ4n) is 3.94. The molecule has 1 aliphatic heterocycles. The van der Waals surface area contributed by atoms with Crippen LogP contribution in [0.1, 0.15) is 51.4 Å². The highest BCUT2D eigenvalue weighted by Crippen LogP contribution is 2.28. The van der Waals surface area contributed by atoms with Gasteiger partial charge in [-0.3, -0.25) is 4.79 Å². The van der Waals surface area contributed by atoms with Crippen LogP contribution >= 0.6 is 0 Å². The lowest BCUT2D eigenvalue weighted by atomic mass is 9.86. The van der Waals surface area contributed by atoms with E-state index in [2.05, 4.69) is 5.32 Å². The first-order valence-corrected chi connectivity index (χ1v) is 11.5. The maximum absolute atomic E-state index is 12.7. The summed E-state index contributed by atoms with van der Waals surface area (Å²) in [5.74, 6) is 0.457. The number of aliphatic hydroxyl groups is 1. The second-order valence-corrected chi connectivity index (χ2v) is 10.3. The zero-order chi connectivity index (χ0) is 19.2. The molecule has 1 saturated heterocycles. The standard InChI is InChI=1S/C18H35N3O4S/c1-20(2)26(24,25)14-11-19-15-18(23)10-6-12-21(17(18)22)13-9-16-7-4-3-5-8-16/h16,19,23H,3-15H2,1-2H3. The second-order valence-electron chi connectivity index (χ2n) is 8.00. The van der Waals surface area contributed by atoms with E-state index >= 15 is 0 Å². The molecule has 2 fully saturated rings. The van der Waals surface area contributed by atoms with Crippen LogP contribution in [0.3, 0.4) is 0 Å². The monoisotopic (exact) mass is 389 g/mol. The van der Waals surface area contributed by atoms with Gasteiger partial charge in [0.15, 0.2) is 5.60 Å². The molecule has 8 heteroatoms. The van der Waals surface area contributed by atoms with E-state index in [4.69, 9.17) is 0 Å². The maximum atomic E-state index is 12.7. The number of rotatable bonds is 9. The molecule has 26 heavy (non-hydrogen) atoms. The van der Waals surface area contributed by atoms with Crippen LogP contribution in [0.15, 0.2) is 0 Å². The number of sulfonamides is 1. The SMILES string of the molecule is CN(C)S(=O)(=O)CCNCC1(O)CCCN(CCC2CCCCC2)C1=O. The van der Waals surface area contributed by atoms with E-state index in [1.807, 2.05) is 0 Å². The molecular weight excluding hydrogens is 354 g/mol. The topological polar surface area (TPSA) is 89.9 Å². The van der Waals surface area contributed by atoms with Crippen LogP contribution in [-0.4, -0.2) is 80.3 Å². The average molecular weight is 390 g/mol. The summed E-state index contributed by atoms with van der Waals surface area (Å²) in [6.45, 7) is 1.76. The molecule has 2 rings (SSSR count). The third kappa shape index (κ3) is 5.90. The molecule has 0 radical (unpaired) electrons. The molecule has 0 spiro atoms. The summed E-state index contributed by atoms with van der Waals surface area (Å²) in [6.07, 6.45) is 8.67. The normalized spacial score (nSPS) is 25.8. The summed E-state index contributed by atoms with van der Waals surface area (Å²) < 4.78 is 24.7. The highest BCUT2D eigenvalue weighted by molar-refractivity contribution is 7.89. The van der Waals surface area contributed by atoms with Gasteiger partial charge in [0.1, 0.15) is 0 Å². The molecule has 1 aliphatic carbocycles. The number of likely N-dealkylation sites (tertiary alicyclic amines) is 1. The molecule has 0 aromatic carbocycles. The first-order chi connectivity index (χ1) is 12.2. The molecule has 2 aliphatic rings. The largest absolute Gasteiger partial charge is 0.379 e. The summed E-state index contributed by atoms with van der Waals surface area (Å²) >= 11 is 0. The first-order valence-electron chi connectivity index (χ1n) is 9.87. The number of piperidine rings is 1. The zero-order valence-electron chi connectivity index (χ0n) is 16.2. The van der Waals surface area contributed by atoms with Crippen molar-refractivity contribution in [3.8, 4) is 0 Å². The molecule has 1 heterocycles. The van der Waals surface area contributed by atoms with Crippen molar-refractivity contribution in [3.05, 3.63) is 0 Å². The molecule has 7 nitrogen and oxygen atoms in total. The Balaban J connectivity index is 1.78. The number of nitrogens with zero attached hydrogens (tertiary/aromatic N) is 2. The predicted molar refractivity (Wildman–Crippen MR) is 102 cm³/mol. The van der Waals surface area contributed by atoms with Crippen molar-refractivity contribution in [1.82, 2.24) is 14.5 Å². The predicted octanol–water partition coefficient (Wildman–Crippen LogP) is 0.791. The third-order valence-electron chi connectivity index (χ3n) is 5.75. The second kappa shape index (κ2) is 9.48. The van der Waals surface area contributed by atoms with Gasteiger partial charge in [-0.25, -0.2) is 12.7 Å². The minimum absolute atomic E-state index is 0.0460. The van der Waals surface area contributed by atoms with Gasteiger partial charge in [-0.15, -0.1) is 0 Å². The van der Waals surface area contributed by atoms with Crippen LogP contribution in [0.5, 0.6) is 0 Å². The molecule has 1 unspecified atom stereocenters. The highest BCUT2D eigenvalue weighted by Gasteiger charge is 2.41. The quantitative estimate of drug-likeness (QED) is 0.569. The van der Waals surface area contributed by atoms with Gasteiger partial charge in [-0.05, 0) is 25.2 Å². The average Bonchev–Trinajstić information content (AvgIpc) is 2.61. The van der Waals surface area contributed by atoms with Crippen LogP contribution < -0.4 is 5.32 Å². The Hall–Kier alpha value is -0.700. The summed E-state index contributed by atoms with van der Waals surface area (Å²) in [7, 11) is -0.277. The molecule has 152 valence electrons. The Kier molecular flexibility index (Phi) is 7.88. The number of hydrogen-bond acceptors (Lipinski definition) is 5. The number of amides is 1. The highest BCUT2D eigenvalue weighted by atomic mass is 32.2. The van der Waals surface area contributed by atoms with E-state index in [1.54, 1.807) is 4.90 Å². The molecule has 1 amide bonds. The van der Waals surface area contributed by atoms with Crippen LogP contribution in [0, 0.1) is 5.92 Å². The van der Waals surface area contributed by atoms with Gasteiger partial charge >= 0.3 is 0 Å². The van der Waals surface area contributed by atoms with Gasteiger partial charge < -0.3 is 15.3 Å². The van der Waals surface area contributed by atoms with E-state index < -0.39 is 15.6 Å². The summed E-state index contributed by atoms with van der Waals surface area (Å²) in [6, 6.07) is 0. The van der Waals surface area contributed by atoms with E-state index in [0.29, 0.717) is 18.9 Å². The molecule has 0 aromatic heterocycles. The Morgan fingerprint density at radius 3 is 2.58 bits per heavy atom. The van der Waals surface area contributed by atoms with Gasteiger partial charge in [-0.2, -0.15) is 0 Å². The molecule has 0 aromatic rings. The van der Waals surface area contributed by atoms with Crippen molar-refractivity contribution in [1.29, 1.82) is 0 Å². The first kappa shape index (κ1) is 21.6. The van der Waals surface area contributed by atoms with Crippen LogP contribution in [0.2, 0.25) is 0 Å². The molecular formula is C18H35N3O4S. The third-order valence-corrected chi connectivity index (χ3v) is 7.58. The van der Waals surface area contributed by atoms with Crippen molar-refractivity contribution in [2.45, 2.75) is 57.0 Å². The van der Waals surface area contributed by atoms with Crippen molar-refractivity contribution < 1.29 is 18.3 Å². The minimum Gasteiger partial charge on any atom is -0.379 e. The van der Waals surface area contributed by atoms with E-state index in [1.165, 1.54) is 50.5 Å². The Morgan fingerprint density at radius 1 is 1.23 bits per heavy atom. The van der Waals surface area contributed by atoms with E-state index in [-0.39, 0.29) is 24.7 Å². The number of carbonyl (C=O) groups is 1. The summed E-state index contributed by atoms with van der Waals surface area (Å²) in [5.41, 5.74) is -1.41. The van der Waals surface area contributed by atoms with Gasteiger partial charge in [-0.1, -0.05) is 32.1 Å². The smallest absolute Gasteiger partial charge is 0.255 e. The van der Waals surface area contributed by atoms with Crippen LogP contribution in [0.25, 0.3) is 0 Å². The summed E-state index contributed by atoms with van der Waals surface area (Å²) in [4.78, 5) is 14.5. The van der Waals surface area contributed by atoms with E-state index in [0.717, 1.165) is 19.4 Å². The lowest BCUT2D eigenvalue weighted by Gasteiger charge is -2.39. The lowest BCUT2D eigenvalue weighted by molar-refractivity contribution is -0.156. The van der Waals surface area contributed by atoms with Crippen molar-refractivity contribution in [2.24, 2.45) is 5.92 Å². The van der Waals surface area contributed by atoms with Gasteiger partial charge in [0.25, 0.3) is 5.91 Å². The van der Waals surface area contributed by atoms with Crippen LogP contribution in [0.4, 0.5) is 0 Å². The van der Waals surface area contributed by atoms with Gasteiger partial charge in [0.2, 0.25) is 10.0 Å². The summed E-state index contributed by atoms with van der Waals surface area (Å²) in [5, 5.41) is 13.7. The number of nitrogens with one attached hydrogen (secondary N) is 1. The zero-order valence-corrected chi connectivity index (χ0v) is 17.1. The molecule has 0 bridgehead atoms. The molecule has 1 atom stereocenters. The fraction of sp³-hybridized carbons (Fsp3) is 0.944. The number of carbonyl (C=O) groups excluding carboxylic acids is 1. The van der Waals surface area contributed by atoms with E-state index in [9.17, 15) is 18.3 Å². The van der Waals surface area contributed by atoms with Crippen LogP contribution in [-0.2, 0) is 14.8 Å². The lowest BCUT2D eigenvalue weighted by Crippen LogP contribution is -2.58. The number of hydrogen-bond donors (Lipinski definition) is 2. The maximum Gasteiger partial charge on any atom is 0.255 e. The minimum atomic E-state index is -3.27. The molecule has 1 saturated carbocycles. The fourth-order valence-corrected chi connectivity index (χ4v) is 4.70. The van der Waals surface area contributed by atoms with Gasteiger partial charge in [0, 0.05) is 40.3 Å². The van der Waals surface area contributed by atoms with Crippen molar-refractivity contribution in [2.75, 3.05) is 46.0 Å². The van der Waals surface area contributed by atoms with Gasteiger partial charge in [0.05, 0.1) is 5.75 Å². The Morgan fingerprint density at radius 2 is 1.92 bits per heavy atom. The van der Waals surface area contributed by atoms with Crippen molar-refractivity contribution in [3.63, 3.8) is 0 Å². The molecule has 2 N–H and O–H groups in total.